The summed E-state index contributed by atoms with van der Waals surface area (Å²) in [5.74, 6) is 0. The SMILES string of the molecule is FC1CCC(Cl)C(F)C1F. The van der Waals surface area contributed by atoms with Gasteiger partial charge in [-0.2, -0.15) is 0 Å². The van der Waals surface area contributed by atoms with Crippen LogP contribution in [0.1, 0.15) is 12.8 Å². The predicted octanol–water partition coefficient (Wildman–Crippen LogP) is 2.40. The van der Waals surface area contributed by atoms with Gasteiger partial charge in [0.2, 0.25) is 0 Å². The Labute approximate surface area is 62.4 Å². The van der Waals surface area contributed by atoms with Crippen molar-refractivity contribution in [1.82, 2.24) is 0 Å². The molecule has 0 bridgehead atoms. The van der Waals surface area contributed by atoms with Crippen molar-refractivity contribution >= 4 is 11.6 Å². The van der Waals surface area contributed by atoms with E-state index in [0.717, 1.165) is 0 Å². The van der Waals surface area contributed by atoms with Crippen LogP contribution >= 0.6 is 11.6 Å². The molecule has 0 radical (unpaired) electrons. The van der Waals surface area contributed by atoms with Crippen LogP contribution in [-0.4, -0.2) is 23.9 Å². The minimum Gasteiger partial charge on any atom is -0.244 e. The zero-order chi connectivity index (χ0) is 7.72. The molecule has 0 aliphatic heterocycles. The summed E-state index contributed by atoms with van der Waals surface area (Å²) in [6, 6.07) is 0. The summed E-state index contributed by atoms with van der Waals surface area (Å²) in [5, 5.41) is -0.845. The Kier molecular flexibility index (Phi) is 2.45. The lowest BCUT2D eigenvalue weighted by Crippen LogP contribution is -2.39. The van der Waals surface area contributed by atoms with Gasteiger partial charge >= 0.3 is 0 Å². The molecule has 10 heavy (non-hydrogen) atoms. The first-order valence-corrected chi connectivity index (χ1v) is 3.63. The lowest BCUT2D eigenvalue weighted by Gasteiger charge is -2.26. The highest BCUT2D eigenvalue weighted by Gasteiger charge is 2.39. The summed E-state index contributed by atoms with van der Waals surface area (Å²) in [6.45, 7) is 0. The first kappa shape index (κ1) is 8.18. The Morgan fingerprint density at radius 2 is 1.60 bits per heavy atom. The minimum absolute atomic E-state index is 0.0375. The van der Waals surface area contributed by atoms with Crippen LogP contribution < -0.4 is 0 Å². The summed E-state index contributed by atoms with van der Waals surface area (Å²) in [5.41, 5.74) is 0. The number of alkyl halides is 4. The fourth-order valence-corrected chi connectivity index (χ4v) is 1.30. The normalized spacial score (nSPS) is 49.2. The Morgan fingerprint density at radius 1 is 1.00 bits per heavy atom. The Morgan fingerprint density at radius 3 is 2.10 bits per heavy atom. The van der Waals surface area contributed by atoms with Gasteiger partial charge in [-0.25, -0.2) is 13.2 Å². The van der Waals surface area contributed by atoms with Crippen molar-refractivity contribution in [3.05, 3.63) is 0 Å². The van der Waals surface area contributed by atoms with Crippen LogP contribution in [-0.2, 0) is 0 Å². The van der Waals surface area contributed by atoms with E-state index in [0.29, 0.717) is 0 Å². The van der Waals surface area contributed by atoms with E-state index >= 15 is 0 Å². The first-order chi connectivity index (χ1) is 4.63. The van der Waals surface area contributed by atoms with Crippen molar-refractivity contribution in [2.24, 2.45) is 0 Å². The zero-order valence-electron chi connectivity index (χ0n) is 5.24. The van der Waals surface area contributed by atoms with Gasteiger partial charge in [-0.1, -0.05) is 0 Å². The van der Waals surface area contributed by atoms with E-state index in [1.54, 1.807) is 0 Å². The van der Waals surface area contributed by atoms with Crippen LogP contribution in [0.4, 0.5) is 13.2 Å². The third-order valence-corrected chi connectivity index (χ3v) is 2.17. The van der Waals surface area contributed by atoms with E-state index in [-0.39, 0.29) is 12.8 Å². The van der Waals surface area contributed by atoms with Gasteiger partial charge in [-0.15, -0.1) is 11.6 Å². The van der Waals surface area contributed by atoms with E-state index in [2.05, 4.69) is 0 Å². The van der Waals surface area contributed by atoms with Gasteiger partial charge in [0, 0.05) is 0 Å². The maximum Gasteiger partial charge on any atom is 0.164 e. The van der Waals surface area contributed by atoms with Gasteiger partial charge in [0.15, 0.2) is 12.3 Å². The van der Waals surface area contributed by atoms with Gasteiger partial charge < -0.3 is 0 Å². The molecule has 0 amide bonds. The highest BCUT2D eigenvalue weighted by Crippen LogP contribution is 2.30. The standard InChI is InChI=1S/C6H8ClF3/c7-3-1-2-4(8)6(10)5(3)9/h3-6H,1-2H2. The summed E-state index contributed by atoms with van der Waals surface area (Å²) < 4.78 is 37.2. The second kappa shape index (κ2) is 2.99. The van der Waals surface area contributed by atoms with Crippen LogP contribution in [0.3, 0.4) is 0 Å². The van der Waals surface area contributed by atoms with E-state index in [4.69, 9.17) is 11.6 Å². The molecule has 0 aromatic carbocycles. The van der Waals surface area contributed by atoms with E-state index in [1.165, 1.54) is 0 Å². The largest absolute Gasteiger partial charge is 0.244 e. The molecule has 1 aliphatic carbocycles. The van der Waals surface area contributed by atoms with Crippen LogP contribution in [0.5, 0.6) is 0 Å². The number of hydrogen-bond donors (Lipinski definition) is 0. The average Bonchev–Trinajstić information content (AvgIpc) is 1.93. The first-order valence-electron chi connectivity index (χ1n) is 3.19. The van der Waals surface area contributed by atoms with Crippen molar-refractivity contribution in [2.45, 2.75) is 36.7 Å². The summed E-state index contributed by atoms with van der Waals surface area (Å²) in [7, 11) is 0. The van der Waals surface area contributed by atoms with Gasteiger partial charge in [0.1, 0.15) is 6.17 Å². The molecule has 1 rings (SSSR count). The van der Waals surface area contributed by atoms with Crippen LogP contribution in [0.2, 0.25) is 0 Å². The molecule has 0 N–H and O–H groups in total. The van der Waals surface area contributed by atoms with E-state index < -0.39 is 23.9 Å². The number of hydrogen-bond acceptors (Lipinski definition) is 0. The van der Waals surface area contributed by atoms with Crippen molar-refractivity contribution in [2.75, 3.05) is 0 Å². The summed E-state index contributed by atoms with van der Waals surface area (Å²) in [6.07, 6.45) is -5.24. The molecule has 0 heterocycles. The molecule has 1 fully saturated rings. The van der Waals surface area contributed by atoms with Crippen molar-refractivity contribution in [1.29, 1.82) is 0 Å². The van der Waals surface area contributed by atoms with Gasteiger partial charge in [-0.05, 0) is 12.8 Å². The van der Waals surface area contributed by atoms with Gasteiger partial charge in [0.05, 0.1) is 5.38 Å². The highest BCUT2D eigenvalue weighted by molar-refractivity contribution is 6.21. The molecule has 0 nitrogen and oxygen atoms in total. The third-order valence-electron chi connectivity index (χ3n) is 1.71. The topological polar surface area (TPSA) is 0 Å². The molecule has 1 aliphatic rings. The molecular weight excluding hydrogens is 165 g/mol. The smallest absolute Gasteiger partial charge is 0.164 e. The van der Waals surface area contributed by atoms with Crippen molar-refractivity contribution < 1.29 is 13.2 Å². The summed E-state index contributed by atoms with van der Waals surface area (Å²) >= 11 is 5.35. The molecular formula is C6H8ClF3. The molecule has 60 valence electrons. The fraction of sp³-hybridized carbons (Fsp3) is 1.00. The van der Waals surface area contributed by atoms with Crippen LogP contribution in [0.25, 0.3) is 0 Å². The van der Waals surface area contributed by atoms with E-state index in [9.17, 15) is 13.2 Å². The second-order valence-electron chi connectivity index (χ2n) is 2.50. The molecule has 0 aromatic heterocycles. The van der Waals surface area contributed by atoms with Crippen LogP contribution in [0.15, 0.2) is 0 Å². The molecule has 1 saturated carbocycles. The summed E-state index contributed by atoms with van der Waals surface area (Å²) in [4.78, 5) is 0. The molecule has 0 aromatic rings. The lowest BCUT2D eigenvalue weighted by molar-refractivity contribution is 0.0464. The molecule has 4 unspecified atom stereocenters. The lowest BCUT2D eigenvalue weighted by atomic mass is 9.95. The zero-order valence-corrected chi connectivity index (χ0v) is 5.99. The molecule has 4 atom stereocenters. The highest BCUT2D eigenvalue weighted by atomic mass is 35.5. The third kappa shape index (κ3) is 1.39. The van der Waals surface area contributed by atoms with Gasteiger partial charge in [0.25, 0.3) is 0 Å². The average molecular weight is 173 g/mol. The fourth-order valence-electron chi connectivity index (χ4n) is 1.04. The number of rotatable bonds is 0. The van der Waals surface area contributed by atoms with Crippen LogP contribution in [0, 0.1) is 0 Å². The molecule has 4 heteroatoms. The maximum absolute atomic E-state index is 12.5. The predicted molar refractivity (Wildman–Crippen MR) is 33.6 cm³/mol. The maximum atomic E-state index is 12.5. The minimum atomic E-state index is -2.02. The van der Waals surface area contributed by atoms with Gasteiger partial charge in [-0.3, -0.25) is 0 Å². The molecule has 0 spiro atoms. The second-order valence-corrected chi connectivity index (χ2v) is 3.06. The molecule has 0 saturated heterocycles. The number of halogens is 4. The van der Waals surface area contributed by atoms with E-state index in [1.807, 2.05) is 0 Å². The Hall–Kier alpha value is 0.0800. The van der Waals surface area contributed by atoms with Crippen molar-refractivity contribution in [3.63, 3.8) is 0 Å². The Bertz CT molecular complexity index is 106. The quantitative estimate of drug-likeness (QED) is 0.493. The monoisotopic (exact) mass is 172 g/mol. The van der Waals surface area contributed by atoms with Crippen molar-refractivity contribution in [3.8, 4) is 0 Å². The Balaban J connectivity index is 2.52.